The van der Waals surface area contributed by atoms with Crippen LogP contribution in [-0.4, -0.2) is 36.0 Å². The van der Waals surface area contributed by atoms with Crippen LogP contribution in [0.4, 0.5) is 0 Å². The molecular formula is C24H16N2O2Se. The van der Waals surface area contributed by atoms with E-state index < -0.39 is 0 Å². The van der Waals surface area contributed by atoms with Gasteiger partial charge in [0.25, 0.3) is 0 Å². The molecule has 0 radical (unpaired) electrons. The summed E-state index contributed by atoms with van der Waals surface area (Å²) in [4.78, 5) is 32.3. The van der Waals surface area contributed by atoms with Crippen LogP contribution in [0.1, 0.15) is 37.1 Å². The van der Waals surface area contributed by atoms with E-state index in [1.165, 1.54) is 25.5 Å². The summed E-state index contributed by atoms with van der Waals surface area (Å²) < 4.78 is 2.92. The van der Waals surface area contributed by atoms with E-state index in [2.05, 4.69) is 22.0 Å². The predicted molar refractivity (Wildman–Crippen MR) is 112 cm³/mol. The molecule has 3 aliphatic rings. The Labute approximate surface area is 173 Å². The van der Waals surface area contributed by atoms with E-state index >= 15 is 0 Å². The fraction of sp³-hybridized carbons (Fsp3) is 0.125. The number of hydrogen-bond donors (Lipinski definition) is 0. The Hall–Kier alpha value is -3.01. The van der Waals surface area contributed by atoms with Crippen molar-refractivity contribution in [2.45, 2.75) is 19.5 Å². The van der Waals surface area contributed by atoms with Gasteiger partial charge in [0.05, 0.1) is 0 Å². The van der Waals surface area contributed by atoms with Crippen LogP contribution in [-0.2, 0) is 13.1 Å². The molecule has 0 spiro atoms. The van der Waals surface area contributed by atoms with Gasteiger partial charge in [-0.15, -0.1) is 0 Å². The third-order valence-electron chi connectivity index (χ3n) is 5.83. The maximum absolute atomic E-state index is 12.6. The summed E-state index contributed by atoms with van der Waals surface area (Å²) in [6.45, 7) is 1.85. The van der Waals surface area contributed by atoms with Crippen molar-refractivity contribution in [3.8, 4) is 0 Å². The number of hydrogen-bond acceptors (Lipinski definition) is 4. The standard InChI is InChI=1S/C24H16N2O2Se/c27-23-16-4-1-2-5-17(16)24(28)18(23)11-14-7-8-15(10-14)26-12-19-21(13-26)29-20-6-3-9-25-22(19)20/h1-9,11H,10,12-13H2. The first-order valence-electron chi connectivity index (χ1n) is 9.59. The molecule has 4 nitrogen and oxygen atoms in total. The summed E-state index contributed by atoms with van der Waals surface area (Å²) in [6.07, 6.45) is 8.57. The number of carbonyl (C=O) groups is 2. The molecule has 1 aliphatic heterocycles. The summed E-state index contributed by atoms with van der Waals surface area (Å²) in [5.74, 6) is -0.320. The molecule has 0 saturated carbocycles. The van der Waals surface area contributed by atoms with E-state index in [1.54, 1.807) is 30.3 Å². The molecule has 0 saturated heterocycles. The van der Waals surface area contributed by atoms with Gasteiger partial charge in [0.15, 0.2) is 0 Å². The minimum atomic E-state index is -0.160. The molecule has 2 aromatic heterocycles. The van der Waals surface area contributed by atoms with Gasteiger partial charge in [-0.25, -0.2) is 0 Å². The van der Waals surface area contributed by atoms with E-state index in [4.69, 9.17) is 0 Å². The third kappa shape index (κ3) is 2.55. The Morgan fingerprint density at radius 1 is 0.966 bits per heavy atom. The monoisotopic (exact) mass is 444 g/mol. The summed E-state index contributed by atoms with van der Waals surface area (Å²) >= 11 is 0.375. The minimum absolute atomic E-state index is 0.160. The van der Waals surface area contributed by atoms with Crippen LogP contribution in [0, 0.1) is 0 Å². The van der Waals surface area contributed by atoms with Gasteiger partial charge in [0.1, 0.15) is 0 Å². The molecule has 0 atom stereocenters. The number of nitrogens with zero attached hydrogens (tertiary/aromatic N) is 2. The Morgan fingerprint density at radius 3 is 2.55 bits per heavy atom. The normalized spacial score (nSPS) is 17.7. The fourth-order valence-corrected chi connectivity index (χ4v) is 6.87. The molecule has 5 heteroatoms. The summed E-state index contributed by atoms with van der Waals surface area (Å²) in [7, 11) is 0. The molecule has 0 unspecified atom stereocenters. The summed E-state index contributed by atoms with van der Waals surface area (Å²) in [6, 6.07) is 11.3. The second-order valence-corrected chi connectivity index (χ2v) is 9.93. The van der Waals surface area contributed by atoms with Crippen molar-refractivity contribution in [3.05, 3.63) is 98.8 Å². The molecule has 29 heavy (non-hydrogen) atoms. The Balaban J connectivity index is 1.21. The number of carbonyl (C=O) groups excluding carboxylic acids is 2. The molecule has 3 aromatic rings. The first-order chi connectivity index (χ1) is 14.2. The van der Waals surface area contributed by atoms with Crippen LogP contribution < -0.4 is 0 Å². The number of benzene rings is 1. The van der Waals surface area contributed by atoms with E-state index in [9.17, 15) is 9.59 Å². The van der Waals surface area contributed by atoms with Crippen molar-refractivity contribution in [1.29, 1.82) is 0 Å². The first-order valence-corrected chi connectivity index (χ1v) is 11.3. The van der Waals surface area contributed by atoms with E-state index in [0.717, 1.165) is 25.1 Å². The van der Waals surface area contributed by atoms with Gasteiger partial charge in [0, 0.05) is 0 Å². The molecular weight excluding hydrogens is 427 g/mol. The molecule has 1 aromatic carbocycles. The average molecular weight is 443 g/mol. The van der Waals surface area contributed by atoms with Gasteiger partial charge < -0.3 is 0 Å². The van der Waals surface area contributed by atoms with Gasteiger partial charge >= 0.3 is 174 Å². The van der Waals surface area contributed by atoms with E-state index in [0.29, 0.717) is 25.6 Å². The van der Waals surface area contributed by atoms with Crippen LogP contribution in [0.2, 0.25) is 0 Å². The molecule has 0 bridgehead atoms. The molecule has 3 heterocycles. The molecule has 0 amide bonds. The van der Waals surface area contributed by atoms with Crippen LogP contribution >= 0.6 is 0 Å². The average Bonchev–Trinajstić information content (AvgIpc) is 3.48. The van der Waals surface area contributed by atoms with Crippen LogP contribution in [0.5, 0.6) is 0 Å². The van der Waals surface area contributed by atoms with Crippen molar-refractivity contribution >= 4 is 35.8 Å². The van der Waals surface area contributed by atoms with Crippen LogP contribution in [0.15, 0.2) is 77.7 Å². The van der Waals surface area contributed by atoms with E-state index in [1.807, 2.05) is 18.3 Å². The van der Waals surface area contributed by atoms with Crippen LogP contribution in [0.25, 0.3) is 9.78 Å². The molecule has 0 N–H and O–H groups in total. The fourth-order valence-electron chi connectivity index (χ4n) is 4.38. The summed E-state index contributed by atoms with van der Waals surface area (Å²) in [5.41, 5.74) is 6.16. The van der Waals surface area contributed by atoms with Gasteiger partial charge in [-0.2, -0.15) is 0 Å². The maximum atomic E-state index is 12.6. The number of fused-ring (bicyclic) bond motifs is 4. The Kier molecular flexibility index (Phi) is 3.64. The zero-order valence-electron chi connectivity index (χ0n) is 15.5. The van der Waals surface area contributed by atoms with Crippen molar-refractivity contribution in [2.75, 3.05) is 0 Å². The number of rotatable bonds is 2. The summed E-state index contributed by atoms with van der Waals surface area (Å²) in [5, 5.41) is 0. The number of allylic oxidation sites excluding steroid dienone is 5. The van der Waals surface area contributed by atoms with Gasteiger partial charge in [-0.1, -0.05) is 0 Å². The molecule has 0 fully saturated rings. The van der Waals surface area contributed by atoms with Crippen molar-refractivity contribution in [2.24, 2.45) is 0 Å². The zero-order chi connectivity index (χ0) is 19.5. The molecule has 140 valence electrons. The van der Waals surface area contributed by atoms with Gasteiger partial charge in [-0.05, 0) is 0 Å². The zero-order valence-corrected chi connectivity index (χ0v) is 17.2. The van der Waals surface area contributed by atoms with Gasteiger partial charge in [0.2, 0.25) is 0 Å². The SMILES string of the molecule is O=C1C(=CC2=CC=C(N3Cc4[se]c5cccnc5c4C3)C2)C(=O)c2ccccc21. The van der Waals surface area contributed by atoms with Crippen molar-refractivity contribution in [3.63, 3.8) is 0 Å². The van der Waals surface area contributed by atoms with Crippen LogP contribution in [0.3, 0.4) is 0 Å². The third-order valence-corrected chi connectivity index (χ3v) is 8.28. The number of Topliss-reactive ketones (excluding diaryl/α,β-unsaturated/α-hetero) is 2. The van der Waals surface area contributed by atoms with E-state index in [-0.39, 0.29) is 17.1 Å². The number of ketones is 2. The first kappa shape index (κ1) is 16.9. The predicted octanol–water partition coefficient (Wildman–Crippen LogP) is 3.83. The second kappa shape index (κ2) is 6.24. The Bertz CT molecular complexity index is 1290. The molecule has 6 rings (SSSR count). The van der Waals surface area contributed by atoms with Crippen molar-refractivity contribution in [1.82, 2.24) is 9.88 Å². The van der Waals surface area contributed by atoms with Gasteiger partial charge in [-0.3, -0.25) is 0 Å². The second-order valence-electron chi connectivity index (χ2n) is 7.55. The number of aromatic nitrogens is 1. The molecule has 2 aliphatic carbocycles. The van der Waals surface area contributed by atoms with Crippen molar-refractivity contribution < 1.29 is 9.59 Å². The Morgan fingerprint density at radius 2 is 1.76 bits per heavy atom. The number of pyridine rings is 1. The topological polar surface area (TPSA) is 50.3 Å². The quantitative estimate of drug-likeness (QED) is 0.343.